The van der Waals surface area contributed by atoms with Gasteiger partial charge in [0.25, 0.3) is 0 Å². The van der Waals surface area contributed by atoms with Crippen molar-refractivity contribution in [1.82, 2.24) is 0 Å². The number of benzene rings is 2. The van der Waals surface area contributed by atoms with Crippen molar-refractivity contribution < 1.29 is 24.1 Å². The Morgan fingerprint density at radius 1 is 1.00 bits per heavy atom. The fourth-order valence-electron chi connectivity index (χ4n) is 3.17. The first-order chi connectivity index (χ1) is 12.9. The van der Waals surface area contributed by atoms with Gasteiger partial charge in [-0.3, -0.25) is 0 Å². The Hall–Kier alpha value is -2.73. The first-order valence-corrected chi connectivity index (χ1v) is 9.36. The Kier molecular flexibility index (Phi) is 5.56. The molecule has 0 aliphatic rings. The van der Waals surface area contributed by atoms with Gasteiger partial charge in [0, 0.05) is 22.6 Å². The van der Waals surface area contributed by atoms with Crippen LogP contribution in [0.4, 0.5) is 0 Å². The van der Waals surface area contributed by atoms with Crippen molar-refractivity contribution in [2.45, 2.75) is 20.3 Å². The predicted octanol–water partition coefficient (Wildman–Crippen LogP) is 4.86. The van der Waals surface area contributed by atoms with Crippen molar-refractivity contribution in [3.63, 3.8) is 0 Å². The molecule has 0 amide bonds. The third-order valence-electron chi connectivity index (χ3n) is 4.26. The fraction of sp³-hybridized carbons (Fsp3) is 0.286. The number of carbonyl (C=O) groups is 1. The van der Waals surface area contributed by atoms with Crippen LogP contribution >= 0.6 is 11.3 Å². The van der Waals surface area contributed by atoms with Gasteiger partial charge < -0.3 is 19.3 Å². The Balaban J connectivity index is 1.91. The van der Waals surface area contributed by atoms with E-state index in [2.05, 4.69) is 32.0 Å². The molecule has 1 heterocycles. The van der Waals surface area contributed by atoms with Crippen LogP contribution in [0.25, 0.3) is 10.1 Å². The van der Waals surface area contributed by atoms with Crippen molar-refractivity contribution >= 4 is 27.4 Å². The Morgan fingerprint density at radius 3 is 2.22 bits per heavy atom. The summed E-state index contributed by atoms with van der Waals surface area (Å²) in [5.41, 5.74) is 3.58. The second kappa shape index (κ2) is 7.88. The first kappa shape index (κ1) is 19.0. The van der Waals surface area contributed by atoms with Crippen molar-refractivity contribution in [2.24, 2.45) is 0 Å². The zero-order valence-corrected chi connectivity index (χ0v) is 16.6. The molecule has 0 saturated carbocycles. The van der Waals surface area contributed by atoms with E-state index in [0.29, 0.717) is 30.3 Å². The molecular formula is C21H22O5S. The summed E-state index contributed by atoms with van der Waals surface area (Å²) in [6.45, 7) is 4.52. The monoisotopic (exact) mass is 386 g/mol. The minimum absolute atomic E-state index is 0.181. The molecule has 1 N–H and O–H groups in total. The number of hydrogen-bond acceptors (Lipinski definition) is 5. The largest absolute Gasteiger partial charge is 0.493 e. The van der Waals surface area contributed by atoms with E-state index in [1.165, 1.54) is 28.0 Å². The summed E-state index contributed by atoms with van der Waals surface area (Å²) in [7, 11) is 3.10. The number of rotatable bonds is 7. The summed E-state index contributed by atoms with van der Waals surface area (Å²) in [5, 5.41) is 10.3. The number of carboxylic acid groups (broad SMARTS) is 1. The van der Waals surface area contributed by atoms with Gasteiger partial charge in [-0.05, 0) is 25.5 Å². The molecule has 0 bridgehead atoms. The predicted molar refractivity (Wildman–Crippen MR) is 107 cm³/mol. The molecule has 0 spiro atoms. The molecule has 27 heavy (non-hydrogen) atoms. The summed E-state index contributed by atoms with van der Waals surface area (Å²) in [5.74, 6) is 0.479. The maximum absolute atomic E-state index is 11.7. The average Bonchev–Trinajstić information content (AvgIpc) is 2.97. The first-order valence-electron chi connectivity index (χ1n) is 8.54. The Bertz CT molecular complexity index is 970. The molecular weight excluding hydrogens is 364 g/mol. The lowest BCUT2D eigenvalue weighted by Gasteiger charge is -2.10. The summed E-state index contributed by atoms with van der Waals surface area (Å²) in [6.07, 6.45) is 0.701. The molecule has 0 radical (unpaired) electrons. The second-order valence-corrected chi connectivity index (χ2v) is 7.42. The summed E-state index contributed by atoms with van der Waals surface area (Å²) in [6, 6.07) is 9.91. The fourth-order valence-corrected chi connectivity index (χ4v) is 4.17. The number of methoxy groups -OCH3 is 2. The van der Waals surface area contributed by atoms with Crippen LogP contribution in [0.5, 0.6) is 17.2 Å². The minimum atomic E-state index is -1.00. The molecule has 5 nitrogen and oxygen atoms in total. The Labute approximate surface area is 162 Å². The molecule has 3 aromatic rings. The number of ether oxygens (including phenoxy) is 3. The van der Waals surface area contributed by atoms with E-state index in [1.807, 2.05) is 0 Å². The topological polar surface area (TPSA) is 65.0 Å². The summed E-state index contributed by atoms with van der Waals surface area (Å²) in [4.78, 5) is 11.9. The van der Waals surface area contributed by atoms with Gasteiger partial charge in [-0.1, -0.05) is 29.3 Å². The number of aromatic carboxylic acids is 1. The number of carboxylic acids is 1. The number of fused-ring (bicyclic) bond motifs is 1. The van der Waals surface area contributed by atoms with Crippen LogP contribution in [0.15, 0.2) is 30.3 Å². The molecule has 0 atom stereocenters. The minimum Gasteiger partial charge on any atom is -0.493 e. The van der Waals surface area contributed by atoms with Crippen LogP contribution < -0.4 is 14.2 Å². The van der Waals surface area contributed by atoms with E-state index in [1.54, 1.807) is 26.4 Å². The third-order valence-corrected chi connectivity index (χ3v) is 5.38. The molecule has 2 aromatic carbocycles. The zero-order valence-electron chi connectivity index (χ0n) is 15.8. The van der Waals surface area contributed by atoms with E-state index < -0.39 is 5.97 Å². The van der Waals surface area contributed by atoms with Crippen molar-refractivity contribution in [3.8, 4) is 17.2 Å². The highest BCUT2D eigenvalue weighted by atomic mass is 32.1. The van der Waals surface area contributed by atoms with E-state index in [9.17, 15) is 9.90 Å². The highest BCUT2D eigenvalue weighted by molar-refractivity contribution is 7.21. The van der Waals surface area contributed by atoms with Crippen LogP contribution in [0.1, 0.15) is 26.4 Å². The molecule has 0 fully saturated rings. The average molecular weight is 386 g/mol. The Morgan fingerprint density at radius 2 is 1.63 bits per heavy atom. The SMILES string of the molecule is COc1cc2sc(C(=O)O)c(OCCc3cc(C)cc(C)c3)c2cc1OC. The molecule has 0 unspecified atom stereocenters. The summed E-state index contributed by atoms with van der Waals surface area (Å²) >= 11 is 1.17. The molecule has 0 saturated heterocycles. The molecule has 3 rings (SSSR count). The van der Waals surface area contributed by atoms with Gasteiger partial charge >= 0.3 is 5.97 Å². The number of aryl methyl sites for hydroxylation is 2. The molecule has 142 valence electrons. The van der Waals surface area contributed by atoms with Gasteiger partial charge in [-0.15, -0.1) is 11.3 Å². The van der Waals surface area contributed by atoms with Crippen LogP contribution in [0.2, 0.25) is 0 Å². The van der Waals surface area contributed by atoms with Gasteiger partial charge in [0.05, 0.1) is 20.8 Å². The van der Waals surface area contributed by atoms with Gasteiger partial charge in [-0.25, -0.2) is 4.79 Å². The summed E-state index contributed by atoms with van der Waals surface area (Å²) < 4.78 is 17.4. The normalized spacial score (nSPS) is 10.8. The lowest BCUT2D eigenvalue weighted by molar-refractivity contribution is 0.0698. The van der Waals surface area contributed by atoms with Crippen molar-refractivity contribution in [1.29, 1.82) is 0 Å². The highest BCUT2D eigenvalue weighted by Crippen LogP contribution is 2.43. The number of hydrogen-bond donors (Lipinski definition) is 1. The third kappa shape index (κ3) is 4.01. The van der Waals surface area contributed by atoms with Crippen molar-refractivity contribution in [2.75, 3.05) is 20.8 Å². The van der Waals surface area contributed by atoms with E-state index in [0.717, 1.165) is 10.1 Å². The lowest BCUT2D eigenvalue weighted by Crippen LogP contribution is -2.05. The van der Waals surface area contributed by atoms with Crippen molar-refractivity contribution in [3.05, 3.63) is 51.9 Å². The number of thiophene rings is 1. The van der Waals surface area contributed by atoms with Gasteiger partial charge in [-0.2, -0.15) is 0 Å². The van der Waals surface area contributed by atoms with Crippen LogP contribution in [0, 0.1) is 13.8 Å². The smallest absolute Gasteiger partial charge is 0.349 e. The second-order valence-electron chi connectivity index (χ2n) is 6.36. The lowest BCUT2D eigenvalue weighted by atomic mass is 10.1. The van der Waals surface area contributed by atoms with E-state index in [4.69, 9.17) is 14.2 Å². The molecule has 0 aliphatic carbocycles. The standard InChI is InChI=1S/C21H22O5S/c1-12-7-13(2)9-14(8-12)5-6-26-19-15-10-16(24-3)17(25-4)11-18(15)27-20(19)21(22)23/h7-11H,5-6H2,1-4H3,(H,22,23). The van der Waals surface area contributed by atoms with E-state index in [-0.39, 0.29) is 4.88 Å². The quantitative estimate of drug-likeness (QED) is 0.628. The van der Waals surface area contributed by atoms with Gasteiger partial charge in [0.1, 0.15) is 0 Å². The molecule has 6 heteroatoms. The maximum atomic E-state index is 11.7. The van der Waals surface area contributed by atoms with E-state index >= 15 is 0 Å². The highest BCUT2D eigenvalue weighted by Gasteiger charge is 2.21. The maximum Gasteiger partial charge on any atom is 0.349 e. The van der Waals surface area contributed by atoms with Crippen LogP contribution in [-0.4, -0.2) is 31.9 Å². The van der Waals surface area contributed by atoms with Crippen LogP contribution in [-0.2, 0) is 6.42 Å². The van der Waals surface area contributed by atoms with Gasteiger partial charge in [0.15, 0.2) is 22.1 Å². The van der Waals surface area contributed by atoms with Gasteiger partial charge in [0.2, 0.25) is 0 Å². The molecule has 0 aliphatic heterocycles. The zero-order chi connectivity index (χ0) is 19.6. The van der Waals surface area contributed by atoms with Crippen LogP contribution in [0.3, 0.4) is 0 Å². The molecule has 1 aromatic heterocycles.